The third-order valence-corrected chi connectivity index (χ3v) is 9.14. The van der Waals surface area contributed by atoms with Crippen molar-refractivity contribution in [3.8, 4) is 11.5 Å². The minimum atomic E-state index is -0.506. The molecule has 3 aromatic rings. The van der Waals surface area contributed by atoms with E-state index in [-0.39, 0.29) is 34.9 Å². The lowest BCUT2D eigenvalue weighted by Crippen LogP contribution is -2.44. The molecule has 0 saturated carbocycles. The Bertz CT molecular complexity index is 1680. The van der Waals surface area contributed by atoms with Crippen molar-refractivity contribution in [2.45, 2.75) is 65.8 Å². The van der Waals surface area contributed by atoms with Crippen LogP contribution in [0.3, 0.4) is 0 Å². The second-order valence-corrected chi connectivity index (χ2v) is 14.2. The molecule has 238 valence electrons. The van der Waals surface area contributed by atoms with Gasteiger partial charge in [0.05, 0.1) is 7.11 Å². The molecule has 1 amide bonds. The van der Waals surface area contributed by atoms with Gasteiger partial charge in [-0.05, 0) is 59.1 Å². The van der Waals surface area contributed by atoms with Gasteiger partial charge in [-0.1, -0.05) is 82.3 Å². The predicted molar refractivity (Wildman–Crippen MR) is 178 cm³/mol. The van der Waals surface area contributed by atoms with Crippen LogP contribution in [0.4, 0.5) is 5.69 Å². The molecule has 0 aromatic heterocycles. The van der Waals surface area contributed by atoms with Crippen LogP contribution in [-0.4, -0.2) is 36.1 Å². The molecule has 1 heterocycles. The van der Waals surface area contributed by atoms with Crippen molar-refractivity contribution in [3.05, 3.63) is 113 Å². The van der Waals surface area contributed by atoms with Gasteiger partial charge in [-0.25, -0.2) is 0 Å². The number of anilines is 1. The summed E-state index contributed by atoms with van der Waals surface area (Å²) >= 11 is 0. The smallest absolute Gasteiger partial charge is 0.262 e. The summed E-state index contributed by atoms with van der Waals surface area (Å²) in [6.45, 7) is 8.98. The number of methoxy groups -OCH3 is 1. The van der Waals surface area contributed by atoms with Crippen LogP contribution >= 0.6 is 0 Å². The first-order valence-corrected chi connectivity index (χ1v) is 15.9. The Balaban J connectivity index is 1.41. The first kappa shape index (κ1) is 31.3. The standard InChI is InChI=1S/C39H42N2O5/c1-38(2)19-28-36(30(42)21-38)35(37-29(20-39(3,4)22-31(37)43)41(28)23-25-12-8-6-9-13-25)26-16-17-32(33(18-26)45-5)46-24-34(44)40-27-14-10-7-11-15-27/h6-18,35H,19-24H2,1-5H3,(H,40,44). The number of para-hydroxylation sites is 1. The number of allylic oxidation sites excluding steroid dienone is 4. The van der Waals surface area contributed by atoms with E-state index in [4.69, 9.17) is 9.47 Å². The van der Waals surface area contributed by atoms with Crippen molar-refractivity contribution in [3.63, 3.8) is 0 Å². The molecule has 3 aliphatic rings. The van der Waals surface area contributed by atoms with E-state index in [0.29, 0.717) is 47.7 Å². The summed E-state index contributed by atoms with van der Waals surface area (Å²) < 4.78 is 11.6. The quantitative estimate of drug-likeness (QED) is 0.280. The van der Waals surface area contributed by atoms with Crippen LogP contribution in [0.5, 0.6) is 11.5 Å². The van der Waals surface area contributed by atoms with E-state index in [1.54, 1.807) is 13.2 Å². The maximum Gasteiger partial charge on any atom is 0.262 e. The van der Waals surface area contributed by atoms with E-state index in [1.807, 2.05) is 60.7 Å². The van der Waals surface area contributed by atoms with Gasteiger partial charge in [0.15, 0.2) is 29.7 Å². The fraction of sp³-hybridized carbons (Fsp3) is 0.359. The number of rotatable bonds is 8. The number of amides is 1. The molecule has 3 aromatic carbocycles. The predicted octanol–water partition coefficient (Wildman–Crippen LogP) is 7.60. The Morgan fingerprint density at radius 2 is 1.35 bits per heavy atom. The van der Waals surface area contributed by atoms with Gasteiger partial charge in [-0.15, -0.1) is 0 Å². The normalized spacial score (nSPS) is 19.0. The van der Waals surface area contributed by atoms with Crippen molar-refractivity contribution >= 4 is 23.2 Å². The zero-order valence-corrected chi connectivity index (χ0v) is 27.3. The number of hydrogen-bond acceptors (Lipinski definition) is 6. The molecule has 0 atom stereocenters. The van der Waals surface area contributed by atoms with Crippen LogP contribution in [0.2, 0.25) is 0 Å². The number of benzene rings is 3. The van der Waals surface area contributed by atoms with Crippen molar-refractivity contribution in [1.82, 2.24) is 4.90 Å². The highest BCUT2D eigenvalue weighted by Gasteiger charge is 2.49. The Hall–Kier alpha value is -4.65. The summed E-state index contributed by atoms with van der Waals surface area (Å²) in [5.74, 6) is 0.206. The molecule has 0 spiro atoms. The molecule has 0 fully saturated rings. The van der Waals surface area contributed by atoms with Gasteiger partial charge in [0.25, 0.3) is 5.91 Å². The number of carbonyl (C=O) groups is 3. The minimum Gasteiger partial charge on any atom is -0.493 e. The summed E-state index contributed by atoms with van der Waals surface area (Å²) in [6, 6.07) is 25.0. The molecule has 46 heavy (non-hydrogen) atoms. The largest absolute Gasteiger partial charge is 0.493 e. The molecule has 0 unspecified atom stereocenters. The van der Waals surface area contributed by atoms with Crippen LogP contribution in [0.15, 0.2) is 101 Å². The first-order chi connectivity index (χ1) is 21.9. The highest BCUT2D eigenvalue weighted by Crippen LogP contribution is 2.55. The fourth-order valence-electron chi connectivity index (χ4n) is 7.18. The maximum atomic E-state index is 14.2. The second-order valence-electron chi connectivity index (χ2n) is 14.2. The highest BCUT2D eigenvalue weighted by atomic mass is 16.5. The number of ketones is 2. The van der Waals surface area contributed by atoms with Crippen molar-refractivity contribution in [2.24, 2.45) is 10.8 Å². The first-order valence-electron chi connectivity index (χ1n) is 15.9. The topological polar surface area (TPSA) is 84.9 Å². The number of hydrogen-bond donors (Lipinski definition) is 1. The lowest BCUT2D eigenvalue weighted by atomic mass is 9.63. The highest BCUT2D eigenvalue weighted by molar-refractivity contribution is 6.07. The van der Waals surface area contributed by atoms with E-state index in [9.17, 15) is 14.4 Å². The molecule has 1 N–H and O–H groups in total. The van der Waals surface area contributed by atoms with E-state index in [2.05, 4.69) is 50.0 Å². The summed E-state index contributed by atoms with van der Waals surface area (Å²) in [6.07, 6.45) is 2.30. The van der Waals surface area contributed by atoms with Crippen LogP contribution in [0, 0.1) is 10.8 Å². The summed E-state index contributed by atoms with van der Waals surface area (Å²) in [5.41, 5.74) is 5.64. The van der Waals surface area contributed by atoms with Gasteiger partial charge in [0.1, 0.15) is 0 Å². The van der Waals surface area contributed by atoms with Gasteiger partial charge in [-0.3, -0.25) is 14.4 Å². The minimum absolute atomic E-state index is 0.0790. The SMILES string of the molecule is COc1cc(C2C3=C(CC(C)(C)CC3=O)N(Cc3ccccc3)C3=C2C(=O)CC(C)(C)C3)ccc1OCC(=O)Nc1ccccc1. The number of carbonyl (C=O) groups excluding carboxylic acids is 3. The summed E-state index contributed by atoms with van der Waals surface area (Å²) in [5, 5.41) is 2.82. The van der Waals surface area contributed by atoms with Crippen LogP contribution < -0.4 is 14.8 Å². The molecule has 1 aliphatic heterocycles. The zero-order chi connectivity index (χ0) is 32.6. The molecule has 0 bridgehead atoms. The summed E-state index contributed by atoms with van der Waals surface area (Å²) in [7, 11) is 1.55. The number of nitrogens with zero attached hydrogens (tertiary/aromatic N) is 1. The maximum absolute atomic E-state index is 14.2. The Labute approximate surface area is 271 Å². The van der Waals surface area contributed by atoms with Crippen LogP contribution in [0.1, 0.15) is 70.4 Å². The molecule has 2 aliphatic carbocycles. The van der Waals surface area contributed by atoms with Crippen LogP contribution in [-0.2, 0) is 20.9 Å². The zero-order valence-electron chi connectivity index (χ0n) is 27.3. The Morgan fingerprint density at radius 1 is 0.783 bits per heavy atom. The van der Waals surface area contributed by atoms with Gasteiger partial charge in [0.2, 0.25) is 0 Å². The van der Waals surface area contributed by atoms with Crippen LogP contribution in [0.25, 0.3) is 0 Å². The average Bonchev–Trinajstić information content (AvgIpc) is 3.00. The lowest BCUT2D eigenvalue weighted by Gasteiger charge is -2.49. The summed E-state index contributed by atoms with van der Waals surface area (Å²) in [4.78, 5) is 43.2. The molecule has 0 saturated heterocycles. The molecule has 6 rings (SSSR count). The van der Waals surface area contributed by atoms with E-state index in [1.165, 1.54) is 0 Å². The van der Waals surface area contributed by atoms with Gasteiger partial charge in [0, 0.05) is 53.5 Å². The monoisotopic (exact) mass is 618 g/mol. The third-order valence-electron chi connectivity index (χ3n) is 9.14. The second kappa shape index (κ2) is 12.3. The number of ether oxygens (including phenoxy) is 2. The number of Topliss-reactive ketones (excluding diaryl/α,β-unsaturated/α-hetero) is 2. The van der Waals surface area contributed by atoms with Gasteiger partial charge >= 0.3 is 0 Å². The van der Waals surface area contributed by atoms with E-state index >= 15 is 0 Å². The van der Waals surface area contributed by atoms with Crippen molar-refractivity contribution < 1.29 is 23.9 Å². The fourth-order valence-corrected chi connectivity index (χ4v) is 7.18. The molecule has 7 heteroatoms. The Morgan fingerprint density at radius 3 is 1.91 bits per heavy atom. The van der Waals surface area contributed by atoms with Gasteiger partial charge in [-0.2, -0.15) is 0 Å². The average molecular weight is 619 g/mol. The van der Waals surface area contributed by atoms with Crippen molar-refractivity contribution in [2.75, 3.05) is 19.0 Å². The molecule has 7 nitrogen and oxygen atoms in total. The Kier molecular flexibility index (Phi) is 8.36. The molecular weight excluding hydrogens is 576 g/mol. The van der Waals surface area contributed by atoms with E-state index < -0.39 is 5.92 Å². The molecular formula is C39H42N2O5. The third kappa shape index (κ3) is 6.37. The number of nitrogens with one attached hydrogen (secondary N) is 1. The van der Waals surface area contributed by atoms with E-state index in [0.717, 1.165) is 35.4 Å². The van der Waals surface area contributed by atoms with Crippen molar-refractivity contribution in [1.29, 1.82) is 0 Å². The van der Waals surface area contributed by atoms with Gasteiger partial charge < -0.3 is 19.7 Å². The molecule has 0 radical (unpaired) electrons. The lowest BCUT2D eigenvalue weighted by molar-refractivity contribution is -0.120.